The number of benzene rings is 1. The minimum Gasteiger partial charge on any atom is -0.208 e. The lowest BCUT2D eigenvalue weighted by atomic mass is 9.79. The molecule has 22 heavy (non-hydrogen) atoms. The number of halogens is 2. The molecule has 3 nitrogen and oxygen atoms in total. The molecule has 0 radical (unpaired) electrons. The Labute approximate surface area is 129 Å². The number of fused-ring (bicyclic) bond motifs is 5. The smallest absolute Gasteiger partial charge is 0.208 e. The Bertz CT molecular complexity index is 706. The fraction of sp³-hybridized carbons (Fsp3) is 0.625. The average molecular weight is 327 g/mol. The van der Waals surface area contributed by atoms with E-state index in [1.165, 1.54) is 19.3 Å². The Hall–Kier alpha value is -1.01. The second-order valence-corrected chi connectivity index (χ2v) is 8.64. The maximum absolute atomic E-state index is 13.8. The van der Waals surface area contributed by atoms with Crippen LogP contribution in [0.3, 0.4) is 0 Å². The molecule has 5 atom stereocenters. The van der Waals surface area contributed by atoms with E-state index >= 15 is 0 Å². The highest BCUT2D eigenvalue weighted by atomic mass is 32.2. The molecule has 3 aliphatic carbocycles. The molecule has 0 saturated heterocycles. The summed E-state index contributed by atoms with van der Waals surface area (Å²) in [6, 6.07) is 2.41. The molecule has 0 aliphatic heterocycles. The summed E-state index contributed by atoms with van der Waals surface area (Å²) in [4.78, 5) is -0.585. The van der Waals surface area contributed by atoms with Gasteiger partial charge in [-0.1, -0.05) is 6.42 Å². The Balaban J connectivity index is 1.57. The summed E-state index contributed by atoms with van der Waals surface area (Å²) in [6.45, 7) is 0. The fourth-order valence-corrected chi connectivity index (χ4v) is 6.54. The van der Waals surface area contributed by atoms with E-state index in [0.29, 0.717) is 17.8 Å². The normalized spacial score (nSPS) is 36.7. The third kappa shape index (κ3) is 2.19. The van der Waals surface area contributed by atoms with E-state index in [0.717, 1.165) is 37.0 Å². The lowest BCUT2D eigenvalue weighted by molar-refractivity contribution is 0.224. The first kappa shape index (κ1) is 14.6. The summed E-state index contributed by atoms with van der Waals surface area (Å²) in [6.07, 6.45) is 5.60. The summed E-state index contributed by atoms with van der Waals surface area (Å²) < 4.78 is 54.5. The fourth-order valence-electron chi connectivity index (χ4n) is 5.15. The van der Waals surface area contributed by atoms with Crippen LogP contribution in [0.5, 0.6) is 0 Å². The van der Waals surface area contributed by atoms with Crippen LogP contribution in [-0.4, -0.2) is 14.5 Å². The van der Waals surface area contributed by atoms with Gasteiger partial charge in [-0.3, -0.25) is 0 Å². The topological polar surface area (TPSA) is 46.2 Å². The number of hydrogen-bond donors (Lipinski definition) is 1. The van der Waals surface area contributed by atoms with E-state index in [2.05, 4.69) is 4.72 Å². The van der Waals surface area contributed by atoms with Crippen molar-refractivity contribution in [1.29, 1.82) is 0 Å². The van der Waals surface area contributed by atoms with Gasteiger partial charge < -0.3 is 0 Å². The summed E-state index contributed by atoms with van der Waals surface area (Å²) in [5, 5.41) is 0. The lowest BCUT2D eigenvalue weighted by Crippen LogP contribution is -2.42. The molecule has 3 aliphatic rings. The van der Waals surface area contributed by atoms with Gasteiger partial charge in [-0.05, 0) is 67.6 Å². The zero-order valence-electron chi connectivity index (χ0n) is 12.1. The first-order chi connectivity index (χ1) is 10.5. The van der Waals surface area contributed by atoms with E-state index < -0.39 is 26.6 Å². The minimum atomic E-state index is -4.01. The van der Waals surface area contributed by atoms with Crippen LogP contribution in [0.2, 0.25) is 0 Å². The van der Waals surface area contributed by atoms with Crippen LogP contribution in [-0.2, 0) is 10.0 Å². The first-order valence-electron chi connectivity index (χ1n) is 7.93. The molecule has 1 aromatic rings. The van der Waals surface area contributed by atoms with Gasteiger partial charge in [0.25, 0.3) is 0 Å². The van der Waals surface area contributed by atoms with E-state index in [1.54, 1.807) is 0 Å². The molecule has 0 aromatic heterocycles. The van der Waals surface area contributed by atoms with Gasteiger partial charge in [0.1, 0.15) is 16.5 Å². The van der Waals surface area contributed by atoms with Gasteiger partial charge in [0, 0.05) is 6.04 Å². The van der Waals surface area contributed by atoms with E-state index in [-0.39, 0.29) is 6.04 Å². The molecule has 4 rings (SSSR count). The third-order valence-electron chi connectivity index (χ3n) is 5.92. The molecule has 3 saturated carbocycles. The maximum atomic E-state index is 13.8. The van der Waals surface area contributed by atoms with Crippen LogP contribution in [0.1, 0.15) is 32.1 Å². The molecule has 2 bridgehead atoms. The number of rotatable bonds is 3. The van der Waals surface area contributed by atoms with Crippen molar-refractivity contribution >= 4 is 10.0 Å². The monoisotopic (exact) mass is 327 g/mol. The van der Waals surface area contributed by atoms with E-state index in [4.69, 9.17) is 0 Å². The van der Waals surface area contributed by atoms with Crippen LogP contribution in [0.4, 0.5) is 8.78 Å². The van der Waals surface area contributed by atoms with E-state index in [1.807, 2.05) is 0 Å². The number of sulfonamides is 1. The quantitative estimate of drug-likeness (QED) is 0.927. The highest BCUT2D eigenvalue weighted by Crippen LogP contribution is 2.58. The second kappa shape index (κ2) is 4.99. The molecule has 1 N–H and O–H groups in total. The van der Waals surface area contributed by atoms with Gasteiger partial charge in [0.05, 0.1) is 0 Å². The van der Waals surface area contributed by atoms with Gasteiger partial charge in [-0.15, -0.1) is 0 Å². The van der Waals surface area contributed by atoms with Crippen molar-refractivity contribution in [3.05, 3.63) is 29.8 Å². The molecule has 0 heterocycles. The first-order valence-corrected chi connectivity index (χ1v) is 9.41. The van der Waals surface area contributed by atoms with Gasteiger partial charge in [0.15, 0.2) is 0 Å². The van der Waals surface area contributed by atoms with Gasteiger partial charge in [-0.2, -0.15) is 0 Å². The Morgan fingerprint density at radius 2 is 1.82 bits per heavy atom. The maximum Gasteiger partial charge on any atom is 0.243 e. The van der Waals surface area contributed by atoms with Crippen LogP contribution < -0.4 is 4.72 Å². The van der Waals surface area contributed by atoms with Crippen molar-refractivity contribution in [3.8, 4) is 0 Å². The largest absolute Gasteiger partial charge is 0.243 e. The number of nitrogens with one attached hydrogen (secondary N) is 1. The molecule has 6 heteroatoms. The highest BCUT2D eigenvalue weighted by molar-refractivity contribution is 7.89. The molecular formula is C16H19F2NO2S. The van der Waals surface area contributed by atoms with Crippen LogP contribution >= 0.6 is 0 Å². The van der Waals surface area contributed by atoms with Crippen LogP contribution in [0, 0.1) is 35.3 Å². The molecular weight excluding hydrogens is 308 g/mol. The van der Waals surface area contributed by atoms with Crippen molar-refractivity contribution < 1.29 is 17.2 Å². The van der Waals surface area contributed by atoms with Crippen molar-refractivity contribution in [2.45, 2.75) is 43.0 Å². The van der Waals surface area contributed by atoms with Crippen LogP contribution in [0.25, 0.3) is 0 Å². The summed E-state index contributed by atoms with van der Waals surface area (Å²) in [5.74, 6) is 0.688. The van der Waals surface area contributed by atoms with Gasteiger partial charge in [-0.25, -0.2) is 21.9 Å². The zero-order valence-corrected chi connectivity index (χ0v) is 13.0. The predicted octanol–water partition coefficient (Wildman–Crippen LogP) is 3.07. The standard InChI is InChI=1S/C16H19F2NO2S/c17-10-4-5-14(18)16(8-10)22(20,21)19-15-7-9-6-13(15)12-3-1-2-11(9)12/h4-5,8-9,11-13,15,19H,1-3,6-7H2. The van der Waals surface area contributed by atoms with Crippen molar-refractivity contribution in [2.75, 3.05) is 0 Å². The van der Waals surface area contributed by atoms with Crippen molar-refractivity contribution in [3.63, 3.8) is 0 Å². The van der Waals surface area contributed by atoms with Crippen molar-refractivity contribution in [1.82, 2.24) is 4.72 Å². The van der Waals surface area contributed by atoms with Gasteiger partial charge in [0.2, 0.25) is 10.0 Å². The predicted molar refractivity (Wildman–Crippen MR) is 77.5 cm³/mol. The molecule has 120 valence electrons. The van der Waals surface area contributed by atoms with Gasteiger partial charge >= 0.3 is 0 Å². The lowest BCUT2D eigenvalue weighted by Gasteiger charge is -2.31. The number of hydrogen-bond acceptors (Lipinski definition) is 2. The van der Waals surface area contributed by atoms with E-state index in [9.17, 15) is 17.2 Å². The molecule has 0 spiro atoms. The second-order valence-electron chi connectivity index (χ2n) is 6.96. The highest BCUT2D eigenvalue weighted by Gasteiger charge is 2.54. The molecule has 1 aromatic carbocycles. The molecule has 3 fully saturated rings. The zero-order chi connectivity index (χ0) is 15.5. The molecule has 5 unspecified atom stereocenters. The Morgan fingerprint density at radius 1 is 1.05 bits per heavy atom. The molecule has 0 amide bonds. The SMILES string of the molecule is O=S(=O)(NC1CC2CC1C1CCCC21)c1cc(F)ccc1F. The third-order valence-corrected chi connectivity index (χ3v) is 7.42. The summed E-state index contributed by atoms with van der Waals surface area (Å²) in [5.41, 5.74) is 0. The Kier molecular flexibility index (Phi) is 3.31. The summed E-state index contributed by atoms with van der Waals surface area (Å²) in [7, 11) is -4.01. The van der Waals surface area contributed by atoms with Crippen molar-refractivity contribution in [2.24, 2.45) is 23.7 Å². The minimum absolute atomic E-state index is 0.128. The Morgan fingerprint density at radius 3 is 2.64 bits per heavy atom. The summed E-state index contributed by atoms with van der Waals surface area (Å²) >= 11 is 0. The van der Waals surface area contributed by atoms with Crippen LogP contribution in [0.15, 0.2) is 23.1 Å². The average Bonchev–Trinajstić information content (AvgIpc) is 3.12.